The fraction of sp³-hybridized carbons (Fsp3) is 0.588. The highest BCUT2D eigenvalue weighted by Crippen LogP contribution is 2.33. The number of nitriles is 1. The van der Waals surface area contributed by atoms with Crippen molar-refractivity contribution in [2.75, 3.05) is 30.3 Å². The molecular formula is C17H25N3S. The summed E-state index contributed by atoms with van der Waals surface area (Å²) in [4.78, 5) is 2.36. The number of hydrogen-bond acceptors (Lipinski definition) is 4. The van der Waals surface area contributed by atoms with Crippen molar-refractivity contribution in [2.24, 2.45) is 0 Å². The lowest BCUT2D eigenvalue weighted by atomic mass is 10.1. The van der Waals surface area contributed by atoms with Gasteiger partial charge in [0.2, 0.25) is 0 Å². The summed E-state index contributed by atoms with van der Waals surface area (Å²) in [5.41, 5.74) is 3.08. The highest BCUT2D eigenvalue weighted by molar-refractivity contribution is 8.00. The van der Waals surface area contributed by atoms with Crippen molar-refractivity contribution in [2.45, 2.75) is 38.5 Å². The molecule has 0 saturated carbocycles. The Balaban J connectivity index is 2.14. The number of nitrogens with zero attached hydrogens (tertiary/aromatic N) is 2. The molecule has 0 aromatic heterocycles. The van der Waals surface area contributed by atoms with E-state index in [0.29, 0.717) is 0 Å². The molecule has 1 aromatic rings. The van der Waals surface area contributed by atoms with Crippen molar-refractivity contribution < 1.29 is 0 Å². The van der Waals surface area contributed by atoms with E-state index >= 15 is 0 Å². The summed E-state index contributed by atoms with van der Waals surface area (Å²) in [7, 11) is 0. The molecule has 0 bridgehead atoms. The molecule has 1 heterocycles. The van der Waals surface area contributed by atoms with E-state index in [4.69, 9.17) is 0 Å². The standard InChI is InChI=1S/C17H25N3S/c1-4-7-19-12-14-5-6-16(15(10-14)11-18)20-8-9-21-17(2,3)13-20/h5-6,10,19H,4,7-9,12-13H2,1-3H3. The minimum absolute atomic E-state index is 0.256. The average molecular weight is 303 g/mol. The van der Waals surface area contributed by atoms with Crippen LogP contribution in [0, 0.1) is 11.3 Å². The van der Waals surface area contributed by atoms with E-state index < -0.39 is 0 Å². The molecule has 4 heteroatoms. The second-order valence-electron chi connectivity index (χ2n) is 6.17. The SMILES string of the molecule is CCCNCc1ccc(N2CCSC(C)(C)C2)c(C#N)c1. The van der Waals surface area contributed by atoms with Gasteiger partial charge in [-0.05, 0) is 44.5 Å². The van der Waals surface area contributed by atoms with E-state index in [2.05, 4.69) is 49.2 Å². The van der Waals surface area contributed by atoms with Gasteiger partial charge in [0.05, 0.1) is 11.3 Å². The van der Waals surface area contributed by atoms with Crippen LogP contribution in [0.4, 0.5) is 5.69 Å². The number of rotatable bonds is 5. The largest absolute Gasteiger partial charge is 0.368 e. The first-order valence-corrected chi connectivity index (χ1v) is 8.67. The Labute approximate surface area is 132 Å². The quantitative estimate of drug-likeness (QED) is 0.846. The minimum atomic E-state index is 0.256. The summed E-state index contributed by atoms with van der Waals surface area (Å²) in [6.45, 7) is 10.6. The predicted molar refractivity (Wildman–Crippen MR) is 91.9 cm³/mol. The molecule has 1 saturated heterocycles. The number of benzene rings is 1. The minimum Gasteiger partial charge on any atom is -0.368 e. The Morgan fingerprint density at radius 3 is 2.90 bits per heavy atom. The number of anilines is 1. The van der Waals surface area contributed by atoms with Gasteiger partial charge in [-0.25, -0.2) is 0 Å². The molecular weight excluding hydrogens is 278 g/mol. The van der Waals surface area contributed by atoms with Crippen LogP contribution in [0.25, 0.3) is 0 Å². The zero-order valence-corrected chi connectivity index (χ0v) is 14.1. The first-order chi connectivity index (χ1) is 10.1. The van der Waals surface area contributed by atoms with E-state index in [0.717, 1.165) is 49.6 Å². The van der Waals surface area contributed by atoms with Gasteiger partial charge in [0.25, 0.3) is 0 Å². The zero-order valence-electron chi connectivity index (χ0n) is 13.3. The molecule has 1 aliphatic heterocycles. The number of hydrogen-bond donors (Lipinski definition) is 1. The second kappa shape index (κ2) is 7.20. The van der Waals surface area contributed by atoms with E-state index in [1.807, 2.05) is 17.8 Å². The van der Waals surface area contributed by atoms with Crippen LogP contribution < -0.4 is 10.2 Å². The van der Waals surface area contributed by atoms with E-state index in [1.165, 1.54) is 5.56 Å². The smallest absolute Gasteiger partial charge is 0.101 e. The van der Waals surface area contributed by atoms with Crippen LogP contribution >= 0.6 is 11.8 Å². The Kier molecular flexibility index (Phi) is 5.55. The normalized spacial score (nSPS) is 17.5. The fourth-order valence-corrected chi connectivity index (χ4v) is 3.80. The van der Waals surface area contributed by atoms with Gasteiger partial charge in [0.15, 0.2) is 0 Å². The Hall–Kier alpha value is -1.18. The Morgan fingerprint density at radius 2 is 2.24 bits per heavy atom. The molecule has 1 aliphatic rings. The van der Waals surface area contributed by atoms with Gasteiger partial charge in [-0.15, -0.1) is 0 Å². The van der Waals surface area contributed by atoms with Gasteiger partial charge in [-0.2, -0.15) is 17.0 Å². The van der Waals surface area contributed by atoms with Crippen LogP contribution in [0.2, 0.25) is 0 Å². The van der Waals surface area contributed by atoms with Crippen LogP contribution in [0.5, 0.6) is 0 Å². The first-order valence-electron chi connectivity index (χ1n) is 7.68. The molecule has 3 nitrogen and oxygen atoms in total. The zero-order chi connectivity index (χ0) is 15.3. The molecule has 0 spiro atoms. The van der Waals surface area contributed by atoms with Crippen LogP contribution in [0.15, 0.2) is 18.2 Å². The van der Waals surface area contributed by atoms with Crippen LogP contribution in [-0.4, -0.2) is 30.1 Å². The molecule has 0 radical (unpaired) electrons. The predicted octanol–water partition coefficient (Wildman–Crippen LogP) is 3.39. The topological polar surface area (TPSA) is 39.1 Å². The summed E-state index contributed by atoms with van der Waals surface area (Å²) in [6, 6.07) is 8.67. The first kappa shape index (κ1) is 16.2. The van der Waals surface area contributed by atoms with Crippen molar-refractivity contribution in [1.82, 2.24) is 5.32 Å². The fourth-order valence-electron chi connectivity index (χ4n) is 2.69. The maximum absolute atomic E-state index is 9.47. The number of nitrogens with one attached hydrogen (secondary N) is 1. The third kappa shape index (κ3) is 4.39. The maximum Gasteiger partial charge on any atom is 0.101 e. The molecule has 2 rings (SSSR count). The van der Waals surface area contributed by atoms with Crippen LogP contribution in [-0.2, 0) is 6.54 Å². The van der Waals surface area contributed by atoms with Crippen molar-refractivity contribution in [3.05, 3.63) is 29.3 Å². The summed E-state index contributed by atoms with van der Waals surface area (Å²) in [5.74, 6) is 1.12. The molecule has 114 valence electrons. The number of thioether (sulfide) groups is 1. The molecule has 1 N–H and O–H groups in total. The summed E-state index contributed by atoms with van der Waals surface area (Å²) < 4.78 is 0.256. The molecule has 0 atom stereocenters. The van der Waals surface area contributed by atoms with Crippen molar-refractivity contribution >= 4 is 17.4 Å². The summed E-state index contributed by atoms with van der Waals surface area (Å²) >= 11 is 2.01. The summed E-state index contributed by atoms with van der Waals surface area (Å²) in [5, 5.41) is 12.9. The van der Waals surface area contributed by atoms with Gasteiger partial charge >= 0.3 is 0 Å². The molecule has 21 heavy (non-hydrogen) atoms. The van der Waals surface area contributed by atoms with Crippen LogP contribution in [0.1, 0.15) is 38.3 Å². The average Bonchev–Trinajstić information content (AvgIpc) is 2.46. The van der Waals surface area contributed by atoms with Crippen molar-refractivity contribution in [3.8, 4) is 6.07 Å². The van der Waals surface area contributed by atoms with Crippen molar-refractivity contribution in [1.29, 1.82) is 5.26 Å². The summed E-state index contributed by atoms with van der Waals surface area (Å²) in [6.07, 6.45) is 1.13. The highest BCUT2D eigenvalue weighted by Gasteiger charge is 2.28. The third-order valence-electron chi connectivity index (χ3n) is 3.70. The van der Waals surface area contributed by atoms with Crippen LogP contribution in [0.3, 0.4) is 0 Å². The van der Waals surface area contributed by atoms with E-state index in [9.17, 15) is 5.26 Å². The van der Waals surface area contributed by atoms with Gasteiger partial charge < -0.3 is 10.2 Å². The van der Waals surface area contributed by atoms with Gasteiger partial charge in [0, 0.05) is 30.1 Å². The third-order valence-corrected chi connectivity index (χ3v) is 5.00. The lowest BCUT2D eigenvalue weighted by molar-refractivity contribution is 0.646. The van der Waals surface area contributed by atoms with E-state index in [1.54, 1.807) is 0 Å². The second-order valence-corrected chi connectivity index (χ2v) is 7.97. The molecule has 0 unspecified atom stereocenters. The lowest BCUT2D eigenvalue weighted by Gasteiger charge is -2.39. The van der Waals surface area contributed by atoms with Gasteiger partial charge in [-0.3, -0.25) is 0 Å². The molecule has 1 aromatic carbocycles. The van der Waals surface area contributed by atoms with E-state index in [-0.39, 0.29) is 4.75 Å². The van der Waals surface area contributed by atoms with Gasteiger partial charge in [-0.1, -0.05) is 13.0 Å². The molecule has 1 fully saturated rings. The monoisotopic (exact) mass is 303 g/mol. The highest BCUT2D eigenvalue weighted by atomic mass is 32.2. The van der Waals surface area contributed by atoms with Crippen molar-refractivity contribution in [3.63, 3.8) is 0 Å². The van der Waals surface area contributed by atoms with Gasteiger partial charge in [0.1, 0.15) is 6.07 Å². The lowest BCUT2D eigenvalue weighted by Crippen LogP contribution is -2.43. The molecule has 0 amide bonds. The Bertz CT molecular complexity index is 519. The maximum atomic E-state index is 9.47. The Morgan fingerprint density at radius 1 is 1.43 bits per heavy atom. The molecule has 0 aliphatic carbocycles.